The molecular weight excluding hydrogens is 242 g/mol. The van der Waals surface area contributed by atoms with Crippen LogP contribution in [-0.2, 0) is 9.53 Å². The molecule has 1 aromatic rings. The van der Waals surface area contributed by atoms with Crippen LogP contribution in [0.5, 0.6) is 0 Å². The lowest BCUT2D eigenvalue weighted by atomic mass is 10.3. The van der Waals surface area contributed by atoms with E-state index in [4.69, 9.17) is 4.74 Å². The van der Waals surface area contributed by atoms with Gasteiger partial charge in [-0.3, -0.25) is 14.7 Å². The second-order valence-electron chi connectivity index (χ2n) is 4.87. The van der Waals surface area contributed by atoms with Crippen molar-refractivity contribution in [3.63, 3.8) is 0 Å². The van der Waals surface area contributed by atoms with Crippen LogP contribution in [0.25, 0.3) is 0 Å². The third-order valence-corrected chi connectivity index (χ3v) is 3.61. The van der Waals surface area contributed by atoms with E-state index < -0.39 is 0 Å². The Bertz CT molecular complexity index is 432. The summed E-state index contributed by atoms with van der Waals surface area (Å²) in [5.41, 5.74) is 1.08. The molecule has 2 heterocycles. The number of benzene rings is 1. The normalized spacial score (nSPS) is 21.2. The molecule has 1 aromatic carbocycles. The second-order valence-corrected chi connectivity index (χ2v) is 4.87. The Labute approximate surface area is 113 Å². The lowest BCUT2D eigenvalue weighted by Gasteiger charge is -2.35. The molecule has 102 valence electrons. The average molecular weight is 261 g/mol. The van der Waals surface area contributed by atoms with E-state index in [2.05, 4.69) is 9.91 Å². The molecule has 5 nitrogen and oxygen atoms in total. The molecule has 2 saturated heterocycles. The maximum absolute atomic E-state index is 12.1. The van der Waals surface area contributed by atoms with Gasteiger partial charge in [0.25, 0.3) is 0 Å². The number of anilines is 1. The van der Waals surface area contributed by atoms with Crippen molar-refractivity contribution in [1.29, 1.82) is 0 Å². The summed E-state index contributed by atoms with van der Waals surface area (Å²) in [6.45, 7) is 4.74. The zero-order valence-corrected chi connectivity index (χ0v) is 11.0. The predicted molar refractivity (Wildman–Crippen MR) is 72.5 cm³/mol. The first-order valence-electron chi connectivity index (χ1n) is 6.77. The molecule has 0 N–H and O–H groups in total. The molecule has 2 aliphatic heterocycles. The Kier molecular flexibility index (Phi) is 3.66. The van der Waals surface area contributed by atoms with Gasteiger partial charge in [-0.15, -0.1) is 0 Å². The first kappa shape index (κ1) is 12.4. The summed E-state index contributed by atoms with van der Waals surface area (Å²) >= 11 is 0. The quantitative estimate of drug-likeness (QED) is 0.811. The summed E-state index contributed by atoms with van der Waals surface area (Å²) in [7, 11) is 0. The van der Waals surface area contributed by atoms with Crippen molar-refractivity contribution in [3.8, 4) is 0 Å². The van der Waals surface area contributed by atoms with Gasteiger partial charge in [0.05, 0.1) is 25.6 Å². The molecular formula is C14H19N3O2. The van der Waals surface area contributed by atoms with E-state index in [1.807, 2.05) is 35.3 Å². The molecule has 0 aliphatic carbocycles. The molecule has 1 amide bonds. The average Bonchev–Trinajstić information content (AvgIpc) is 2.82. The van der Waals surface area contributed by atoms with Crippen LogP contribution in [0.15, 0.2) is 30.3 Å². The molecule has 19 heavy (non-hydrogen) atoms. The van der Waals surface area contributed by atoms with E-state index in [0.29, 0.717) is 13.1 Å². The van der Waals surface area contributed by atoms with Crippen LogP contribution < -0.4 is 5.01 Å². The Hall–Kier alpha value is -1.59. The number of carbonyl (C=O) groups is 1. The highest BCUT2D eigenvalue weighted by molar-refractivity contribution is 5.81. The third-order valence-electron chi connectivity index (χ3n) is 3.61. The number of para-hydroxylation sites is 1. The lowest BCUT2D eigenvalue weighted by molar-refractivity contribution is -0.131. The van der Waals surface area contributed by atoms with E-state index in [9.17, 15) is 4.79 Å². The van der Waals surface area contributed by atoms with Crippen LogP contribution in [0.2, 0.25) is 0 Å². The molecule has 2 aliphatic rings. The summed E-state index contributed by atoms with van der Waals surface area (Å²) in [6.07, 6.45) is 0.596. The first-order valence-corrected chi connectivity index (χ1v) is 6.77. The monoisotopic (exact) mass is 261 g/mol. The molecule has 0 atom stereocenters. The number of carbonyl (C=O) groups excluding carboxylic acids is 1. The number of nitrogens with zero attached hydrogens (tertiary/aromatic N) is 3. The number of rotatable bonds is 3. The molecule has 0 spiro atoms. The van der Waals surface area contributed by atoms with Crippen LogP contribution in [-0.4, -0.2) is 55.3 Å². The minimum atomic E-state index is 0.204. The number of hydrogen-bond acceptors (Lipinski definition) is 4. The fourth-order valence-corrected chi connectivity index (χ4v) is 2.54. The van der Waals surface area contributed by atoms with Crippen LogP contribution in [0.4, 0.5) is 5.69 Å². The van der Waals surface area contributed by atoms with Crippen molar-refractivity contribution in [2.45, 2.75) is 6.42 Å². The number of ether oxygens (including phenoxy) is 1. The van der Waals surface area contributed by atoms with E-state index >= 15 is 0 Å². The van der Waals surface area contributed by atoms with Gasteiger partial charge in [0.2, 0.25) is 5.91 Å². The molecule has 3 rings (SSSR count). The lowest BCUT2D eigenvalue weighted by Crippen LogP contribution is -2.49. The van der Waals surface area contributed by atoms with Gasteiger partial charge in [-0.05, 0) is 12.1 Å². The predicted octanol–water partition coefficient (Wildman–Crippen LogP) is 0.930. The van der Waals surface area contributed by atoms with E-state index in [1.165, 1.54) is 0 Å². The number of hydrogen-bond donors (Lipinski definition) is 0. The van der Waals surface area contributed by atoms with Gasteiger partial charge >= 0.3 is 0 Å². The smallest absolute Gasteiger partial charge is 0.244 e. The molecule has 0 saturated carbocycles. The largest absolute Gasteiger partial charge is 0.379 e. The molecule has 5 heteroatoms. The van der Waals surface area contributed by atoms with Gasteiger partial charge in [-0.1, -0.05) is 18.2 Å². The molecule has 0 bridgehead atoms. The molecule has 0 unspecified atom stereocenters. The number of amides is 1. The standard InChI is InChI=1S/C14H19N3O2/c18-14-6-7-16(13-4-2-1-3-5-13)17(14)12-15-8-10-19-11-9-15/h1-5H,6-12H2. The minimum Gasteiger partial charge on any atom is -0.379 e. The van der Waals surface area contributed by atoms with E-state index in [-0.39, 0.29) is 5.91 Å². The van der Waals surface area contributed by atoms with Crippen molar-refractivity contribution in [2.24, 2.45) is 0 Å². The van der Waals surface area contributed by atoms with Crippen molar-refractivity contribution in [1.82, 2.24) is 9.91 Å². The van der Waals surface area contributed by atoms with Crippen LogP contribution in [0.3, 0.4) is 0 Å². The molecule has 2 fully saturated rings. The van der Waals surface area contributed by atoms with Gasteiger partial charge < -0.3 is 4.74 Å². The van der Waals surface area contributed by atoms with Crippen LogP contribution in [0.1, 0.15) is 6.42 Å². The van der Waals surface area contributed by atoms with Gasteiger partial charge in [0.15, 0.2) is 0 Å². The minimum absolute atomic E-state index is 0.204. The highest BCUT2D eigenvalue weighted by Crippen LogP contribution is 2.22. The van der Waals surface area contributed by atoms with Gasteiger partial charge in [0.1, 0.15) is 0 Å². The zero-order chi connectivity index (χ0) is 13.1. The van der Waals surface area contributed by atoms with Crippen molar-refractivity contribution < 1.29 is 9.53 Å². The van der Waals surface area contributed by atoms with E-state index in [0.717, 1.165) is 38.5 Å². The fraction of sp³-hybridized carbons (Fsp3) is 0.500. The summed E-state index contributed by atoms with van der Waals surface area (Å²) in [6, 6.07) is 10.1. The fourth-order valence-electron chi connectivity index (χ4n) is 2.54. The summed E-state index contributed by atoms with van der Waals surface area (Å²) in [5.74, 6) is 0.204. The Morgan fingerprint density at radius 2 is 1.79 bits per heavy atom. The van der Waals surface area contributed by atoms with Gasteiger partial charge in [-0.2, -0.15) is 0 Å². The number of hydrazine groups is 1. The molecule has 0 radical (unpaired) electrons. The summed E-state index contributed by atoms with van der Waals surface area (Å²) < 4.78 is 5.34. The third kappa shape index (κ3) is 2.72. The first-order chi connectivity index (χ1) is 9.34. The van der Waals surface area contributed by atoms with Crippen molar-refractivity contribution >= 4 is 11.6 Å². The van der Waals surface area contributed by atoms with Gasteiger partial charge in [-0.25, -0.2) is 5.01 Å². The Balaban J connectivity index is 1.71. The van der Waals surface area contributed by atoms with Crippen LogP contribution >= 0.6 is 0 Å². The maximum atomic E-state index is 12.1. The topological polar surface area (TPSA) is 36.0 Å². The SMILES string of the molecule is O=C1CCN(c2ccccc2)N1CN1CCOCC1. The van der Waals surface area contributed by atoms with Crippen LogP contribution in [0, 0.1) is 0 Å². The van der Waals surface area contributed by atoms with Gasteiger partial charge in [0, 0.05) is 26.1 Å². The second kappa shape index (κ2) is 5.59. The van der Waals surface area contributed by atoms with Crippen molar-refractivity contribution in [2.75, 3.05) is 44.5 Å². The summed E-state index contributed by atoms with van der Waals surface area (Å²) in [5, 5.41) is 3.94. The zero-order valence-electron chi connectivity index (χ0n) is 11.0. The maximum Gasteiger partial charge on any atom is 0.244 e. The van der Waals surface area contributed by atoms with E-state index in [1.54, 1.807) is 0 Å². The highest BCUT2D eigenvalue weighted by Gasteiger charge is 2.30. The Morgan fingerprint density at radius 1 is 1.05 bits per heavy atom. The summed E-state index contributed by atoms with van der Waals surface area (Å²) in [4.78, 5) is 14.3. The molecule has 0 aromatic heterocycles. The number of morpholine rings is 1. The van der Waals surface area contributed by atoms with Crippen molar-refractivity contribution in [3.05, 3.63) is 30.3 Å². The highest BCUT2D eigenvalue weighted by atomic mass is 16.5. The Morgan fingerprint density at radius 3 is 2.53 bits per heavy atom.